The molecule has 6 nitrogen and oxygen atoms in total. The van der Waals surface area contributed by atoms with Gasteiger partial charge in [-0.05, 0) is 6.07 Å². The van der Waals surface area contributed by atoms with E-state index >= 15 is 0 Å². The first kappa shape index (κ1) is 15.9. The van der Waals surface area contributed by atoms with Gasteiger partial charge < -0.3 is 14.7 Å². The van der Waals surface area contributed by atoms with Gasteiger partial charge in [-0.25, -0.2) is 9.78 Å². The van der Waals surface area contributed by atoms with E-state index in [9.17, 15) is 18.0 Å². The zero-order valence-corrected chi connectivity index (χ0v) is 12.2. The van der Waals surface area contributed by atoms with Crippen LogP contribution in [0.15, 0.2) is 18.2 Å². The highest BCUT2D eigenvalue weighted by atomic mass is 19.4. The highest BCUT2D eigenvalue weighted by Crippen LogP contribution is 2.30. The predicted molar refractivity (Wildman–Crippen MR) is 73.2 cm³/mol. The van der Waals surface area contributed by atoms with Gasteiger partial charge in [-0.2, -0.15) is 13.2 Å². The molecule has 0 saturated carbocycles. The standard InChI is InChI=1S/C14H16F3N3O3/c15-14(16,17)11-2-1-3-12(18-11)23-10-6-9-7-20(13(21)22)5-4-19(9)8-10/h1-3,9-10H,4-8H2,(H,21,22)/t9-,10+/m0/s1. The normalized spacial score (nSPS) is 25.3. The summed E-state index contributed by atoms with van der Waals surface area (Å²) in [4.78, 5) is 18.0. The number of carbonyl (C=O) groups is 1. The molecule has 0 unspecified atom stereocenters. The number of hydrogen-bond acceptors (Lipinski definition) is 4. The molecular weight excluding hydrogens is 315 g/mol. The number of fused-ring (bicyclic) bond motifs is 1. The Bertz CT molecular complexity index is 596. The van der Waals surface area contributed by atoms with E-state index in [0.717, 1.165) is 6.07 Å². The third kappa shape index (κ3) is 3.49. The lowest BCUT2D eigenvalue weighted by molar-refractivity contribution is -0.141. The quantitative estimate of drug-likeness (QED) is 0.897. The zero-order valence-electron chi connectivity index (χ0n) is 12.2. The Labute approximate surface area is 130 Å². The van der Waals surface area contributed by atoms with Gasteiger partial charge in [0.15, 0.2) is 0 Å². The van der Waals surface area contributed by atoms with Crippen molar-refractivity contribution in [2.24, 2.45) is 0 Å². The van der Waals surface area contributed by atoms with Gasteiger partial charge in [0.05, 0.1) is 0 Å². The number of ether oxygens (including phenoxy) is 1. The molecular formula is C14H16F3N3O3. The first-order valence-electron chi connectivity index (χ1n) is 7.26. The van der Waals surface area contributed by atoms with E-state index in [1.807, 2.05) is 0 Å². The van der Waals surface area contributed by atoms with Crippen molar-refractivity contribution >= 4 is 6.09 Å². The first-order valence-corrected chi connectivity index (χ1v) is 7.26. The Hall–Kier alpha value is -2.03. The van der Waals surface area contributed by atoms with Crippen LogP contribution >= 0.6 is 0 Å². The van der Waals surface area contributed by atoms with Crippen molar-refractivity contribution in [3.05, 3.63) is 23.9 Å². The average Bonchev–Trinajstić information content (AvgIpc) is 2.87. The lowest BCUT2D eigenvalue weighted by atomic mass is 10.1. The van der Waals surface area contributed by atoms with E-state index in [-0.39, 0.29) is 18.0 Å². The lowest BCUT2D eigenvalue weighted by Crippen LogP contribution is -2.51. The second-order valence-corrected chi connectivity index (χ2v) is 5.71. The van der Waals surface area contributed by atoms with Gasteiger partial charge in [0.1, 0.15) is 11.8 Å². The van der Waals surface area contributed by atoms with Crippen LogP contribution < -0.4 is 4.74 Å². The van der Waals surface area contributed by atoms with Crippen molar-refractivity contribution in [2.75, 3.05) is 26.2 Å². The topological polar surface area (TPSA) is 65.9 Å². The summed E-state index contributed by atoms with van der Waals surface area (Å²) in [6, 6.07) is 3.60. The number of carboxylic acid groups (broad SMARTS) is 1. The number of rotatable bonds is 2. The number of halogens is 3. The number of nitrogens with zero attached hydrogens (tertiary/aromatic N) is 3. The molecule has 2 atom stereocenters. The molecule has 1 aromatic heterocycles. The maximum absolute atomic E-state index is 12.7. The van der Waals surface area contributed by atoms with E-state index < -0.39 is 18.0 Å². The van der Waals surface area contributed by atoms with Crippen molar-refractivity contribution < 1.29 is 27.8 Å². The van der Waals surface area contributed by atoms with Gasteiger partial charge in [-0.3, -0.25) is 4.90 Å². The number of alkyl halides is 3. The summed E-state index contributed by atoms with van der Waals surface area (Å²) >= 11 is 0. The molecule has 126 valence electrons. The molecule has 3 heterocycles. The smallest absolute Gasteiger partial charge is 0.433 e. The summed E-state index contributed by atoms with van der Waals surface area (Å²) in [7, 11) is 0. The van der Waals surface area contributed by atoms with Crippen LogP contribution in [-0.2, 0) is 6.18 Å². The van der Waals surface area contributed by atoms with Crippen molar-refractivity contribution in [1.82, 2.24) is 14.8 Å². The van der Waals surface area contributed by atoms with Gasteiger partial charge in [-0.15, -0.1) is 0 Å². The summed E-state index contributed by atoms with van der Waals surface area (Å²) in [5.74, 6) is -0.0558. The molecule has 1 N–H and O–H groups in total. The van der Waals surface area contributed by atoms with E-state index in [1.54, 1.807) is 0 Å². The third-order valence-electron chi connectivity index (χ3n) is 4.15. The van der Waals surface area contributed by atoms with Crippen LogP contribution in [-0.4, -0.2) is 64.3 Å². The maximum Gasteiger partial charge on any atom is 0.433 e. The number of amides is 1. The minimum atomic E-state index is -4.51. The molecule has 9 heteroatoms. The van der Waals surface area contributed by atoms with E-state index in [2.05, 4.69) is 9.88 Å². The number of piperazine rings is 1. The van der Waals surface area contributed by atoms with Crippen LogP contribution in [0.4, 0.5) is 18.0 Å². The van der Waals surface area contributed by atoms with Crippen LogP contribution in [0.2, 0.25) is 0 Å². The molecule has 2 aliphatic heterocycles. The fourth-order valence-corrected chi connectivity index (χ4v) is 3.06. The Morgan fingerprint density at radius 2 is 2.09 bits per heavy atom. The van der Waals surface area contributed by atoms with Gasteiger partial charge in [-0.1, -0.05) is 6.07 Å². The van der Waals surface area contributed by atoms with Gasteiger partial charge in [0.25, 0.3) is 0 Å². The SMILES string of the molecule is O=C(O)N1CCN2C[C@H](Oc3cccc(C(F)(F)F)n3)C[C@H]2C1. The maximum atomic E-state index is 12.7. The minimum absolute atomic E-state index is 0.0376. The highest BCUT2D eigenvalue weighted by Gasteiger charge is 2.39. The molecule has 0 aliphatic carbocycles. The fourth-order valence-electron chi connectivity index (χ4n) is 3.06. The Kier molecular flexibility index (Phi) is 4.05. The Balaban J connectivity index is 1.63. The Morgan fingerprint density at radius 1 is 1.30 bits per heavy atom. The highest BCUT2D eigenvalue weighted by molar-refractivity contribution is 5.65. The average molecular weight is 331 g/mol. The van der Waals surface area contributed by atoms with Crippen LogP contribution in [0.1, 0.15) is 12.1 Å². The van der Waals surface area contributed by atoms with Crippen molar-refractivity contribution in [3.63, 3.8) is 0 Å². The summed E-state index contributed by atoms with van der Waals surface area (Å²) in [5, 5.41) is 9.03. The van der Waals surface area contributed by atoms with E-state index in [4.69, 9.17) is 9.84 Å². The van der Waals surface area contributed by atoms with Crippen molar-refractivity contribution in [2.45, 2.75) is 24.7 Å². The second kappa shape index (κ2) is 5.88. The Morgan fingerprint density at radius 3 is 2.78 bits per heavy atom. The molecule has 0 spiro atoms. The van der Waals surface area contributed by atoms with Gasteiger partial charge in [0.2, 0.25) is 5.88 Å². The molecule has 23 heavy (non-hydrogen) atoms. The summed E-state index contributed by atoms with van der Waals surface area (Å²) in [6.45, 7) is 1.99. The minimum Gasteiger partial charge on any atom is -0.473 e. The molecule has 0 aromatic carbocycles. The van der Waals surface area contributed by atoms with E-state index in [1.165, 1.54) is 17.0 Å². The number of hydrogen-bond donors (Lipinski definition) is 1. The van der Waals surface area contributed by atoms with Crippen LogP contribution in [0.25, 0.3) is 0 Å². The first-order chi connectivity index (χ1) is 10.8. The summed E-state index contributed by atoms with van der Waals surface area (Å²) < 4.78 is 43.5. The van der Waals surface area contributed by atoms with Crippen LogP contribution in [0.3, 0.4) is 0 Å². The number of pyridine rings is 1. The molecule has 2 saturated heterocycles. The molecule has 2 fully saturated rings. The molecule has 0 radical (unpaired) electrons. The molecule has 0 bridgehead atoms. The van der Waals surface area contributed by atoms with Crippen molar-refractivity contribution in [3.8, 4) is 5.88 Å². The third-order valence-corrected chi connectivity index (χ3v) is 4.15. The lowest BCUT2D eigenvalue weighted by Gasteiger charge is -2.35. The summed E-state index contributed by atoms with van der Waals surface area (Å²) in [6.07, 6.45) is -5.17. The van der Waals surface area contributed by atoms with Crippen molar-refractivity contribution in [1.29, 1.82) is 0 Å². The fraction of sp³-hybridized carbons (Fsp3) is 0.571. The van der Waals surface area contributed by atoms with Crippen LogP contribution in [0.5, 0.6) is 5.88 Å². The molecule has 1 aromatic rings. The predicted octanol–water partition coefficient (Wildman–Crippen LogP) is 1.92. The molecule has 3 rings (SSSR count). The van der Waals surface area contributed by atoms with E-state index in [0.29, 0.717) is 32.6 Å². The second-order valence-electron chi connectivity index (χ2n) is 5.71. The zero-order chi connectivity index (χ0) is 16.6. The summed E-state index contributed by atoms with van der Waals surface area (Å²) in [5.41, 5.74) is -0.984. The molecule has 1 amide bonds. The van der Waals surface area contributed by atoms with Gasteiger partial charge in [0, 0.05) is 44.7 Å². The number of aromatic nitrogens is 1. The molecule has 2 aliphatic rings. The van der Waals surface area contributed by atoms with Gasteiger partial charge >= 0.3 is 12.3 Å². The monoisotopic (exact) mass is 331 g/mol. The van der Waals surface area contributed by atoms with Crippen LogP contribution in [0, 0.1) is 0 Å². The largest absolute Gasteiger partial charge is 0.473 e.